The molecule has 2 rings (SSSR count). The molecule has 0 aromatic carbocycles. The molecule has 0 aliphatic carbocycles. The van der Waals surface area contributed by atoms with Gasteiger partial charge in [-0.2, -0.15) is 0 Å². The maximum atomic E-state index is 9.26. The maximum Gasteiger partial charge on any atom is 0.208 e. The number of aromatic nitrogens is 1. The second kappa shape index (κ2) is 4.78. The molecule has 0 bridgehead atoms. The third-order valence-electron chi connectivity index (χ3n) is 3.34. The van der Waals surface area contributed by atoms with Crippen LogP contribution in [0.25, 0.3) is 0 Å². The highest BCUT2D eigenvalue weighted by molar-refractivity contribution is 5.06. The lowest BCUT2D eigenvalue weighted by Crippen LogP contribution is -2.31. The van der Waals surface area contributed by atoms with Crippen LogP contribution in [0.3, 0.4) is 0 Å². The Kier molecular flexibility index (Phi) is 3.54. The summed E-state index contributed by atoms with van der Waals surface area (Å²) in [5.74, 6) is 1.68. The molecule has 1 aliphatic rings. The van der Waals surface area contributed by atoms with Crippen molar-refractivity contribution < 1.29 is 9.52 Å². The van der Waals surface area contributed by atoms with E-state index in [1.165, 1.54) is 0 Å². The molecule has 0 unspecified atom stereocenters. The molecule has 1 aromatic rings. The number of hydrogen-bond acceptors (Lipinski definition) is 4. The smallest absolute Gasteiger partial charge is 0.208 e. The van der Waals surface area contributed by atoms with Crippen molar-refractivity contribution in [3.63, 3.8) is 0 Å². The highest BCUT2D eigenvalue weighted by Crippen LogP contribution is 2.24. The van der Waals surface area contributed by atoms with Gasteiger partial charge in [-0.05, 0) is 19.4 Å². The van der Waals surface area contributed by atoms with Crippen LogP contribution in [0, 0.1) is 0 Å². The third kappa shape index (κ3) is 2.87. The molecule has 4 nitrogen and oxygen atoms in total. The highest BCUT2D eigenvalue weighted by Gasteiger charge is 2.26. The van der Waals surface area contributed by atoms with Crippen molar-refractivity contribution in [3.05, 3.63) is 17.8 Å². The fourth-order valence-electron chi connectivity index (χ4n) is 2.21. The lowest BCUT2D eigenvalue weighted by Gasteiger charge is -2.20. The van der Waals surface area contributed by atoms with E-state index >= 15 is 0 Å². The predicted molar refractivity (Wildman–Crippen MR) is 65.7 cm³/mol. The molecule has 2 heterocycles. The van der Waals surface area contributed by atoms with Crippen LogP contribution >= 0.6 is 0 Å². The van der Waals surface area contributed by atoms with Crippen molar-refractivity contribution in [2.45, 2.75) is 51.6 Å². The van der Waals surface area contributed by atoms with Gasteiger partial charge in [-0.25, -0.2) is 4.98 Å². The second-order valence-electron chi connectivity index (χ2n) is 5.82. The Morgan fingerprint density at radius 2 is 2.29 bits per heavy atom. The van der Waals surface area contributed by atoms with Gasteiger partial charge in [0.1, 0.15) is 5.76 Å². The summed E-state index contributed by atoms with van der Waals surface area (Å²) in [5, 5.41) is 9.26. The topological polar surface area (TPSA) is 49.5 Å². The van der Waals surface area contributed by atoms with Gasteiger partial charge in [-0.1, -0.05) is 20.8 Å². The zero-order valence-corrected chi connectivity index (χ0v) is 10.9. The van der Waals surface area contributed by atoms with E-state index in [1.54, 1.807) is 0 Å². The highest BCUT2D eigenvalue weighted by atomic mass is 16.4. The van der Waals surface area contributed by atoms with Crippen molar-refractivity contribution in [3.8, 4) is 0 Å². The first-order valence-corrected chi connectivity index (χ1v) is 6.31. The molecule has 4 heteroatoms. The molecule has 0 radical (unpaired) electrons. The number of nitrogens with zero attached hydrogens (tertiary/aromatic N) is 2. The number of aliphatic hydroxyl groups excluding tert-OH is 1. The fraction of sp³-hybridized carbons (Fsp3) is 0.769. The number of hydrogen-bond donors (Lipinski definition) is 1. The fourth-order valence-corrected chi connectivity index (χ4v) is 2.21. The van der Waals surface area contributed by atoms with Crippen LogP contribution in [0.2, 0.25) is 0 Å². The van der Waals surface area contributed by atoms with Crippen molar-refractivity contribution in [1.29, 1.82) is 0 Å². The molecule has 1 aromatic heterocycles. The van der Waals surface area contributed by atoms with Gasteiger partial charge >= 0.3 is 0 Å². The molecule has 1 N–H and O–H groups in total. The summed E-state index contributed by atoms with van der Waals surface area (Å²) in [7, 11) is 0. The third-order valence-corrected chi connectivity index (χ3v) is 3.34. The maximum absolute atomic E-state index is 9.26. The zero-order valence-electron chi connectivity index (χ0n) is 10.9. The SMILES string of the molecule is CC(C)(C)c1cnc(CN2CCC[C@H]2CO)o1. The Morgan fingerprint density at radius 3 is 2.88 bits per heavy atom. The van der Waals surface area contributed by atoms with Gasteiger partial charge in [0, 0.05) is 11.5 Å². The van der Waals surface area contributed by atoms with Crippen LogP contribution in [0.1, 0.15) is 45.3 Å². The molecule has 0 spiro atoms. The Balaban J connectivity index is 2.02. The molecule has 0 amide bonds. The number of aliphatic hydroxyl groups is 1. The lowest BCUT2D eigenvalue weighted by molar-refractivity contribution is 0.143. The minimum absolute atomic E-state index is 0.00659. The van der Waals surface area contributed by atoms with Crippen LogP contribution in [0.15, 0.2) is 10.6 Å². The predicted octanol–water partition coefficient (Wildman–Crippen LogP) is 1.93. The number of oxazole rings is 1. The van der Waals surface area contributed by atoms with Crippen molar-refractivity contribution in [2.75, 3.05) is 13.2 Å². The normalized spacial score (nSPS) is 22.2. The van der Waals surface area contributed by atoms with Crippen LogP contribution in [-0.4, -0.2) is 34.2 Å². The average molecular weight is 238 g/mol. The minimum atomic E-state index is 0.00659. The Hall–Kier alpha value is -0.870. The molecular weight excluding hydrogens is 216 g/mol. The van der Waals surface area contributed by atoms with Gasteiger partial charge in [-0.3, -0.25) is 4.90 Å². The molecule has 1 saturated heterocycles. The van der Waals surface area contributed by atoms with Gasteiger partial charge in [-0.15, -0.1) is 0 Å². The van der Waals surface area contributed by atoms with Crippen molar-refractivity contribution in [2.24, 2.45) is 0 Å². The molecule has 1 aliphatic heterocycles. The van der Waals surface area contributed by atoms with Gasteiger partial charge in [0.2, 0.25) is 5.89 Å². The van der Waals surface area contributed by atoms with E-state index in [-0.39, 0.29) is 18.1 Å². The van der Waals surface area contributed by atoms with Gasteiger partial charge < -0.3 is 9.52 Å². The van der Waals surface area contributed by atoms with E-state index in [9.17, 15) is 5.11 Å². The monoisotopic (exact) mass is 238 g/mol. The van der Waals surface area contributed by atoms with Gasteiger partial charge in [0.05, 0.1) is 19.3 Å². The van der Waals surface area contributed by atoms with Crippen molar-refractivity contribution in [1.82, 2.24) is 9.88 Å². The second-order valence-corrected chi connectivity index (χ2v) is 5.82. The molecular formula is C13H22N2O2. The van der Waals surface area contributed by atoms with E-state index in [0.717, 1.165) is 31.0 Å². The molecule has 0 saturated carbocycles. The summed E-state index contributed by atoms with van der Waals surface area (Å²) in [6.07, 6.45) is 4.04. The van der Waals surface area contributed by atoms with E-state index in [0.29, 0.717) is 6.54 Å². The van der Waals surface area contributed by atoms with Gasteiger partial charge in [0.25, 0.3) is 0 Å². The number of likely N-dealkylation sites (tertiary alicyclic amines) is 1. The van der Waals surface area contributed by atoms with E-state index in [2.05, 4.69) is 30.7 Å². The summed E-state index contributed by atoms with van der Waals surface area (Å²) in [4.78, 5) is 6.57. The van der Waals surface area contributed by atoms with Crippen LogP contribution < -0.4 is 0 Å². The molecule has 17 heavy (non-hydrogen) atoms. The summed E-state index contributed by atoms with van der Waals surface area (Å²) in [5.41, 5.74) is 0.00659. The molecule has 1 fully saturated rings. The lowest BCUT2D eigenvalue weighted by atomic mass is 9.94. The van der Waals surface area contributed by atoms with Gasteiger partial charge in [0.15, 0.2) is 0 Å². The first kappa shape index (κ1) is 12.6. The standard InChI is InChI=1S/C13H22N2O2/c1-13(2,3)11-7-14-12(17-11)8-15-6-4-5-10(15)9-16/h7,10,16H,4-6,8-9H2,1-3H3/t10-/m0/s1. The number of rotatable bonds is 3. The summed E-state index contributed by atoms with van der Waals surface area (Å²) in [6.45, 7) is 8.31. The minimum Gasteiger partial charge on any atom is -0.444 e. The quantitative estimate of drug-likeness (QED) is 0.874. The van der Waals surface area contributed by atoms with Crippen LogP contribution in [0.4, 0.5) is 0 Å². The van der Waals surface area contributed by atoms with Crippen LogP contribution in [-0.2, 0) is 12.0 Å². The summed E-state index contributed by atoms with van der Waals surface area (Å²) in [6, 6.07) is 0.278. The Labute approximate surface area is 103 Å². The summed E-state index contributed by atoms with van der Waals surface area (Å²) >= 11 is 0. The first-order valence-electron chi connectivity index (χ1n) is 6.31. The van der Waals surface area contributed by atoms with Crippen LogP contribution in [0.5, 0.6) is 0 Å². The van der Waals surface area contributed by atoms with E-state index in [1.807, 2.05) is 6.20 Å². The largest absolute Gasteiger partial charge is 0.444 e. The zero-order chi connectivity index (χ0) is 12.5. The van der Waals surface area contributed by atoms with E-state index in [4.69, 9.17) is 4.42 Å². The summed E-state index contributed by atoms with van der Waals surface area (Å²) < 4.78 is 5.77. The van der Waals surface area contributed by atoms with Crippen molar-refractivity contribution >= 4 is 0 Å². The molecule has 96 valence electrons. The Bertz CT molecular complexity index is 368. The van der Waals surface area contributed by atoms with E-state index < -0.39 is 0 Å². The molecule has 1 atom stereocenters. The Morgan fingerprint density at radius 1 is 1.53 bits per heavy atom. The average Bonchev–Trinajstić information content (AvgIpc) is 2.86. The first-order chi connectivity index (χ1) is 8.00.